The molecule has 0 radical (unpaired) electrons. The van der Waals surface area contributed by atoms with E-state index in [1.807, 2.05) is 22.1 Å². The van der Waals surface area contributed by atoms with Crippen LogP contribution in [0.4, 0.5) is 5.69 Å². The summed E-state index contributed by atoms with van der Waals surface area (Å²) in [5.74, 6) is 0. The molecule has 4 atom stereocenters. The van der Waals surface area contributed by atoms with E-state index in [4.69, 9.17) is 16.4 Å². The highest BCUT2D eigenvalue weighted by molar-refractivity contribution is 6.30. The number of rotatable bonds is 11. The maximum Gasteiger partial charge on any atom is 0.109 e. The van der Waals surface area contributed by atoms with E-state index < -0.39 is 24.4 Å². The quantitative estimate of drug-likeness (QED) is 0.315. The molecule has 5 N–H and O–H groups in total. The lowest BCUT2D eigenvalue weighted by atomic mass is 9.94. The number of hydroxylamine groups is 2. The fraction of sp³-hybridized carbons (Fsp3) is 0.727. The highest BCUT2D eigenvalue weighted by atomic mass is 35.5. The van der Waals surface area contributed by atoms with Crippen molar-refractivity contribution in [3.05, 3.63) is 28.8 Å². The van der Waals surface area contributed by atoms with Crippen molar-refractivity contribution in [2.45, 2.75) is 63.0 Å². The predicted molar refractivity (Wildman–Crippen MR) is 120 cm³/mol. The number of likely N-dealkylation sites (tertiary alicyclic amines) is 1. The van der Waals surface area contributed by atoms with Crippen molar-refractivity contribution in [3.8, 4) is 0 Å². The van der Waals surface area contributed by atoms with Gasteiger partial charge in [-0.25, -0.2) is 0 Å². The van der Waals surface area contributed by atoms with E-state index in [1.54, 1.807) is 0 Å². The molecule has 0 bridgehead atoms. The van der Waals surface area contributed by atoms with Crippen LogP contribution in [0.3, 0.4) is 0 Å². The van der Waals surface area contributed by atoms with Gasteiger partial charge in [0.05, 0.1) is 25.4 Å². The maximum absolute atomic E-state index is 10.0. The van der Waals surface area contributed by atoms with E-state index in [0.29, 0.717) is 11.6 Å². The number of halogens is 1. The van der Waals surface area contributed by atoms with Gasteiger partial charge in [-0.1, -0.05) is 24.4 Å². The lowest BCUT2D eigenvalue weighted by Gasteiger charge is -2.43. The molecule has 0 spiro atoms. The monoisotopic (exact) mass is 457 g/mol. The molecular weight excluding hydrogens is 422 g/mol. The van der Waals surface area contributed by atoms with Crippen LogP contribution in [0.1, 0.15) is 37.7 Å². The van der Waals surface area contributed by atoms with Crippen molar-refractivity contribution < 1.29 is 25.3 Å². The van der Waals surface area contributed by atoms with Crippen LogP contribution in [-0.4, -0.2) is 94.1 Å². The van der Waals surface area contributed by atoms with Crippen molar-refractivity contribution in [1.29, 1.82) is 0 Å². The van der Waals surface area contributed by atoms with E-state index in [9.17, 15) is 20.4 Å². The van der Waals surface area contributed by atoms with Crippen molar-refractivity contribution in [2.75, 3.05) is 44.7 Å². The van der Waals surface area contributed by atoms with Crippen LogP contribution in [0.5, 0.6) is 0 Å². The first-order chi connectivity index (χ1) is 15.0. The minimum absolute atomic E-state index is 0.236. The molecule has 31 heavy (non-hydrogen) atoms. The van der Waals surface area contributed by atoms with Crippen LogP contribution in [0.2, 0.25) is 5.02 Å². The third-order valence-electron chi connectivity index (χ3n) is 6.06. The molecule has 0 aromatic heterocycles. The van der Waals surface area contributed by atoms with Crippen molar-refractivity contribution in [1.82, 2.24) is 9.96 Å². The van der Waals surface area contributed by atoms with Gasteiger partial charge in [-0.2, -0.15) is 5.06 Å². The fourth-order valence-corrected chi connectivity index (χ4v) is 4.59. The summed E-state index contributed by atoms with van der Waals surface area (Å²) >= 11 is 6.27. The molecule has 1 aromatic rings. The smallest absolute Gasteiger partial charge is 0.109 e. The number of unbranched alkanes of at least 4 members (excludes halogenated alkanes) is 3. The van der Waals surface area contributed by atoms with Gasteiger partial charge >= 0.3 is 0 Å². The molecule has 9 heteroatoms. The average molecular weight is 458 g/mol. The molecule has 2 aliphatic rings. The third kappa shape index (κ3) is 7.27. The first-order valence-corrected chi connectivity index (χ1v) is 11.7. The van der Waals surface area contributed by atoms with Crippen LogP contribution < -0.4 is 5.32 Å². The Labute approximate surface area is 189 Å². The van der Waals surface area contributed by atoms with Gasteiger partial charge in [0.2, 0.25) is 0 Å². The summed E-state index contributed by atoms with van der Waals surface area (Å²) < 4.78 is 0. The number of anilines is 1. The van der Waals surface area contributed by atoms with Crippen LogP contribution in [0.25, 0.3) is 0 Å². The van der Waals surface area contributed by atoms with Crippen molar-refractivity contribution in [3.63, 3.8) is 0 Å². The molecule has 0 aliphatic carbocycles. The second kappa shape index (κ2) is 12.3. The highest BCUT2D eigenvalue weighted by Crippen LogP contribution is 2.22. The number of aliphatic hydroxyl groups excluding tert-OH is 4. The summed E-state index contributed by atoms with van der Waals surface area (Å²) in [5.41, 5.74) is 2.15. The van der Waals surface area contributed by atoms with Gasteiger partial charge in [0.1, 0.15) is 12.2 Å². The van der Waals surface area contributed by atoms with Crippen molar-refractivity contribution in [2.24, 2.45) is 0 Å². The Morgan fingerprint density at radius 2 is 1.87 bits per heavy atom. The average Bonchev–Trinajstić information content (AvgIpc) is 3.24. The molecule has 2 saturated heterocycles. The molecular formula is C22H36ClN3O5. The van der Waals surface area contributed by atoms with Gasteiger partial charge in [-0.15, -0.1) is 0 Å². The minimum atomic E-state index is -1.20. The van der Waals surface area contributed by atoms with Crippen LogP contribution in [0.15, 0.2) is 18.2 Å². The zero-order chi connectivity index (χ0) is 22.2. The molecule has 0 amide bonds. The van der Waals surface area contributed by atoms with E-state index in [0.717, 1.165) is 69.6 Å². The van der Waals surface area contributed by atoms with Gasteiger partial charge in [-0.3, -0.25) is 9.74 Å². The molecule has 2 fully saturated rings. The fourth-order valence-electron chi connectivity index (χ4n) is 4.33. The Morgan fingerprint density at radius 3 is 2.61 bits per heavy atom. The molecule has 0 saturated carbocycles. The number of hydrogen-bond acceptors (Lipinski definition) is 8. The standard InChI is InChI=1S/C22H36ClN3O5/c23-17-10-16(13-26-8-5-9-31-26)11-18(12-17)24-6-3-1-2-4-7-25-14-20(28)22(30)21(29)19(25)15-27/h10-12,19-22,24,27-30H,1-9,13-15H2/t19-,20+,21-,22-/m1/s1. The summed E-state index contributed by atoms with van der Waals surface area (Å²) in [5, 5.41) is 45.3. The molecule has 1 aromatic carbocycles. The molecule has 8 nitrogen and oxygen atoms in total. The number of benzene rings is 1. The first-order valence-electron chi connectivity index (χ1n) is 11.3. The molecule has 2 aliphatic heterocycles. The predicted octanol–water partition coefficient (Wildman–Crippen LogP) is 1.21. The largest absolute Gasteiger partial charge is 0.395 e. The lowest BCUT2D eigenvalue weighted by molar-refractivity contribution is -0.145. The van der Waals surface area contributed by atoms with E-state index in [-0.39, 0.29) is 13.2 Å². The molecule has 2 heterocycles. The van der Waals surface area contributed by atoms with E-state index in [2.05, 4.69) is 11.4 Å². The molecule has 176 valence electrons. The van der Waals surface area contributed by atoms with Gasteiger partial charge < -0.3 is 25.7 Å². The molecule has 0 unspecified atom stereocenters. The van der Waals surface area contributed by atoms with Gasteiger partial charge in [0.25, 0.3) is 0 Å². The number of aliphatic hydroxyl groups is 4. The summed E-state index contributed by atoms with van der Waals surface area (Å²) in [4.78, 5) is 7.43. The summed E-state index contributed by atoms with van der Waals surface area (Å²) in [6.07, 6.45) is 1.74. The summed E-state index contributed by atoms with van der Waals surface area (Å²) in [7, 11) is 0. The zero-order valence-electron chi connectivity index (χ0n) is 18.0. The van der Waals surface area contributed by atoms with E-state index >= 15 is 0 Å². The second-order valence-electron chi connectivity index (χ2n) is 8.53. The third-order valence-corrected chi connectivity index (χ3v) is 6.28. The molecule has 3 rings (SSSR count). The lowest BCUT2D eigenvalue weighted by Crippen LogP contribution is -2.62. The Morgan fingerprint density at radius 1 is 1.06 bits per heavy atom. The Balaban J connectivity index is 1.33. The maximum atomic E-state index is 10.0. The Kier molecular flexibility index (Phi) is 9.80. The topological polar surface area (TPSA) is 109 Å². The highest BCUT2D eigenvalue weighted by Gasteiger charge is 2.40. The minimum Gasteiger partial charge on any atom is -0.395 e. The van der Waals surface area contributed by atoms with E-state index in [1.165, 1.54) is 0 Å². The number of β-amino-alcohol motifs (C(OH)–C–C–N with tert-alkyl or cyclic N) is 1. The number of hydrogen-bond donors (Lipinski definition) is 5. The normalized spacial score (nSPS) is 27.6. The van der Waals surface area contributed by atoms with Crippen LogP contribution in [0, 0.1) is 0 Å². The van der Waals surface area contributed by atoms with Crippen LogP contribution >= 0.6 is 11.6 Å². The number of nitrogens with one attached hydrogen (secondary N) is 1. The van der Waals surface area contributed by atoms with Crippen molar-refractivity contribution >= 4 is 17.3 Å². The van der Waals surface area contributed by atoms with Gasteiger partial charge in [-0.05, 0) is 49.6 Å². The van der Waals surface area contributed by atoms with Gasteiger partial charge in [0, 0.05) is 36.9 Å². The number of piperidine rings is 1. The summed E-state index contributed by atoms with van der Waals surface area (Å²) in [6, 6.07) is 5.50. The Hall–Kier alpha value is -0.970. The second-order valence-corrected chi connectivity index (χ2v) is 8.97. The summed E-state index contributed by atoms with van der Waals surface area (Å²) in [6.45, 7) is 4.03. The zero-order valence-corrected chi connectivity index (χ0v) is 18.8. The Bertz CT molecular complexity index is 677. The van der Waals surface area contributed by atoms with Gasteiger partial charge in [0.15, 0.2) is 0 Å². The van der Waals surface area contributed by atoms with Crippen LogP contribution in [-0.2, 0) is 11.4 Å². The SMILES string of the molecule is OC[C@@H]1[C@@H](O)[C@H](O)[C@@H](O)CN1CCCCCCNc1cc(Cl)cc(CN2CCCO2)c1. The first kappa shape index (κ1) is 24.7. The number of nitrogens with zero attached hydrogens (tertiary/aromatic N) is 2.